The fourth-order valence-electron chi connectivity index (χ4n) is 2.39. The van der Waals surface area contributed by atoms with Gasteiger partial charge < -0.3 is 4.74 Å². The van der Waals surface area contributed by atoms with Crippen LogP contribution in [0.4, 0.5) is 0 Å². The minimum Gasteiger partial charge on any atom is -0.381 e. The van der Waals surface area contributed by atoms with E-state index in [0.29, 0.717) is 13.2 Å². The summed E-state index contributed by atoms with van der Waals surface area (Å²) < 4.78 is 5.48. The SMILES string of the molecule is CC(C)CCCCCCCCCCCOCCCN=C=O. The third-order valence-electron chi connectivity index (χ3n) is 3.69. The summed E-state index contributed by atoms with van der Waals surface area (Å²) in [4.78, 5) is 13.3. The monoisotopic (exact) mass is 297 g/mol. The molecule has 0 radical (unpaired) electrons. The van der Waals surface area contributed by atoms with Crippen LogP contribution in [-0.4, -0.2) is 25.8 Å². The largest absolute Gasteiger partial charge is 0.381 e. The van der Waals surface area contributed by atoms with Crippen LogP contribution in [0.5, 0.6) is 0 Å². The average molecular weight is 297 g/mol. The third kappa shape index (κ3) is 19.3. The molecule has 0 aromatic carbocycles. The van der Waals surface area contributed by atoms with Crippen LogP contribution in [0.3, 0.4) is 0 Å². The third-order valence-corrected chi connectivity index (χ3v) is 3.69. The first-order valence-electron chi connectivity index (χ1n) is 8.88. The number of ether oxygens (including phenoxy) is 1. The predicted octanol–water partition coefficient (Wildman–Crippen LogP) is 5.29. The Balaban J connectivity index is 2.98. The second-order valence-corrected chi connectivity index (χ2v) is 6.30. The Morgan fingerprint density at radius 3 is 1.90 bits per heavy atom. The zero-order chi connectivity index (χ0) is 15.6. The van der Waals surface area contributed by atoms with Gasteiger partial charge in [0.05, 0.1) is 6.54 Å². The predicted molar refractivity (Wildman–Crippen MR) is 89.4 cm³/mol. The summed E-state index contributed by atoms with van der Waals surface area (Å²) in [7, 11) is 0. The van der Waals surface area contributed by atoms with Crippen molar-refractivity contribution in [3.05, 3.63) is 0 Å². The minimum absolute atomic E-state index is 0.542. The number of nitrogens with zero attached hydrogens (tertiary/aromatic N) is 1. The van der Waals surface area contributed by atoms with E-state index in [-0.39, 0.29) is 0 Å². The van der Waals surface area contributed by atoms with Crippen molar-refractivity contribution < 1.29 is 9.53 Å². The molecule has 0 saturated carbocycles. The Bertz CT molecular complexity index is 248. The zero-order valence-corrected chi connectivity index (χ0v) is 14.2. The Labute approximate surface area is 131 Å². The molecule has 0 aliphatic rings. The van der Waals surface area contributed by atoms with Gasteiger partial charge in [0.2, 0.25) is 6.08 Å². The van der Waals surface area contributed by atoms with Gasteiger partial charge in [0, 0.05) is 13.2 Å². The molecule has 0 heterocycles. The number of rotatable bonds is 16. The highest BCUT2D eigenvalue weighted by atomic mass is 16.5. The summed E-state index contributed by atoms with van der Waals surface area (Å²) in [5, 5.41) is 0. The summed E-state index contributed by atoms with van der Waals surface area (Å²) in [6.07, 6.45) is 15.9. The molecular weight excluding hydrogens is 262 g/mol. The van der Waals surface area contributed by atoms with Crippen LogP contribution in [0, 0.1) is 5.92 Å². The molecule has 0 saturated heterocycles. The van der Waals surface area contributed by atoms with Gasteiger partial charge in [0.1, 0.15) is 0 Å². The van der Waals surface area contributed by atoms with Crippen molar-refractivity contribution >= 4 is 6.08 Å². The Morgan fingerprint density at radius 2 is 1.33 bits per heavy atom. The van der Waals surface area contributed by atoms with Gasteiger partial charge in [0.15, 0.2) is 0 Å². The number of carbonyl (C=O) groups excluding carboxylic acids is 1. The molecule has 0 aliphatic carbocycles. The van der Waals surface area contributed by atoms with Crippen LogP contribution in [-0.2, 0) is 9.53 Å². The van der Waals surface area contributed by atoms with Gasteiger partial charge in [-0.15, -0.1) is 0 Å². The quantitative estimate of drug-likeness (QED) is 0.221. The van der Waals surface area contributed by atoms with Crippen molar-refractivity contribution in [2.45, 2.75) is 84.5 Å². The van der Waals surface area contributed by atoms with E-state index in [4.69, 9.17) is 4.74 Å². The lowest BCUT2D eigenvalue weighted by Crippen LogP contribution is -1.98. The molecule has 124 valence electrons. The lowest BCUT2D eigenvalue weighted by atomic mass is 10.0. The average Bonchev–Trinajstić information content (AvgIpc) is 2.46. The summed E-state index contributed by atoms with van der Waals surface area (Å²) in [6, 6.07) is 0. The van der Waals surface area contributed by atoms with Crippen molar-refractivity contribution in [2.75, 3.05) is 19.8 Å². The first-order chi connectivity index (χ1) is 10.3. The van der Waals surface area contributed by atoms with Crippen LogP contribution in [0.2, 0.25) is 0 Å². The molecule has 0 aliphatic heterocycles. The highest BCUT2D eigenvalue weighted by Crippen LogP contribution is 2.12. The van der Waals surface area contributed by atoms with E-state index in [0.717, 1.165) is 25.4 Å². The summed E-state index contributed by atoms with van der Waals surface area (Å²) in [5.41, 5.74) is 0. The number of hydrogen-bond acceptors (Lipinski definition) is 3. The molecule has 0 aromatic heterocycles. The Kier molecular flexibility index (Phi) is 16.8. The van der Waals surface area contributed by atoms with Crippen LogP contribution < -0.4 is 0 Å². The van der Waals surface area contributed by atoms with Crippen LogP contribution in [0.25, 0.3) is 0 Å². The van der Waals surface area contributed by atoms with Crippen molar-refractivity contribution in [3.8, 4) is 0 Å². The van der Waals surface area contributed by atoms with E-state index in [1.807, 2.05) is 0 Å². The number of aliphatic imine (C=N–C) groups is 1. The van der Waals surface area contributed by atoms with Crippen LogP contribution in [0.15, 0.2) is 4.99 Å². The molecule has 3 nitrogen and oxygen atoms in total. The van der Waals surface area contributed by atoms with E-state index in [2.05, 4.69) is 18.8 Å². The highest BCUT2D eigenvalue weighted by Gasteiger charge is 1.95. The standard InChI is InChI=1S/C18H35NO2/c1-18(2)13-10-8-6-4-3-5-7-9-11-15-21-16-12-14-19-17-20/h18H,3-16H2,1-2H3. The molecule has 0 fully saturated rings. The fourth-order valence-corrected chi connectivity index (χ4v) is 2.39. The van der Waals surface area contributed by atoms with E-state index in [1.54, 1.807) is 0 Å². The zero-order valence-electron chi connectivity index (χ0n) is 14.2. The minimum atomic E-state index is 0.542. The second kappa shape index (κ2) is 17.4. The van der Waals surface area contributed by atoms with Crippen molar-refractivity contribution in [1.29, 1.82) is 0 Å². The molecule has 21 heavy (non-hydrogen) atoms. The topological polar surface area (TPSA) is 38.7 Å². The smallest absolute Gasteiger partial charge is 0.234 e. The highest BCUT2D eigenvalue weighted by molar-refractivity contribution is 5.32. The van der Waals surface area contributed by atoms with Crippen molar-refractivity contribution in [2.24, 2.45) is 10.9 Å². The van der Waals surface area contributed by atoms with E-state index in [1.165, 1.54) is 63.9 Å². The van der Waals surface area contributed by atoms with Gasteiger partial charge in [0.25, 0.3) is 0 Å². The molecule has 0 aromatic rings. The molecule has 0 rings (SSSR count). The first-order valence-corrected chi connectivity index (χ1v) is 8.88. The summed E-state index contributed by atoms with van der Waals surface area (Å²) >= 11 is 0. The maximum Gasteiger partial charge on any atom is 0.234 e. The molecule has 0 bridgehead atoms. The lowest BCUT2D eigenvalue weighted by molar-refractivity contribution is 0.129. The normalized spacial score (nSPS) is 10.8. The van der Waals surface area contributed by atoms with Gasteiger partial charge in [-0.3, -0.25) is 0 Å². The molecule has 0 amide bonds. The molecule has 0 N–H and O–H groups in total. The molecule has 0 spiro atoms. The Hall–Kier alpha value is -0.660. The van der Waals surface area contributed by atoms with E-state index < -0.39 is 0 Å². The first kappa shape index (κ1) is 20.3. The van der Waals surface area contributed by atoms with Crippen LogP contribution >= 0.6 is 0 Å². The van der Waals surface area contributed by atoms with Crippen molar-refractivity contribution in [1.82, 2.24) is 0 Å². The van der Waals surface area contributed by atoms with Crippen molar-refractivity contribution in [3.63, 3.8) is 0 Å². The van der Waals surface area contributed by atoms with Gasteiger partial charge in [-0.25, -0.2) is 9.79 Å². The van der Waals surface area contributed by atoms with Crippen LogP contribution in [0.1, 0.15) is 84.5 Å². The van der Waals surface area contributed by atoms with E-state index >= 15 is 0 Å². The molecule has 3 heteroatoms. The van der Waals surface area contributed by atoms with E-state index in [9.17, 15) is 4.79 Å². The summed E-state index contributed by atoms with van der Waals surface area (Å²) in [5.74, 6) is 0.866. The summed E-state index contributed by atoms with van der Waals surface area (Å²) in [6.45, 7) is 6.72. The Morgan fingerprint density at radius 1 is 0.810 bits per heavy atom. The van der Waals surface area contributed by atoms with Gasteiger partial charge in [-0.1, -0.05) is 71.6 Å². The number of isocyanates is 1. The molecule has 0 unspecified atom stereocenters. The van der Waals surface area contributed by atoms with Gasteiger partial charge in [-0.2, -0.15) is 0 Å². The maximum absolute atomic E-state index is 9.83. The van der Waals surface area contributed by atoms with Gasteiger partial charge >= 0.3 is 0 Å². The lowest BCUT2D eigenvalue weighted by Gasteiger charge is -2.05. The molecular formula is C18H35NO2. The maximum atomic E-state index is 9.83. The number of unbranched alkanes of at least 4 members (excludes halogenated alkanes) is 8. The molecule has 0 atom stereocenters. The second-order valence-electron chi connectivity index (χ2n) is 6.30. The number of hydrogen-bond donors (Lipinski definition) is 0. The fraction of sp³-hybridized carbons (Fsp3) is 0.944. The van der Waals surface area contributed by atoms with Gasteiger partial charge in [-0.05, 0) is 18.8 Å².